The average Bonchev–Trinajstić information content (AvgIpc) is 3.80. The zero-order valence-electron chi connectivity index (χ0n) is 41.5. The van der Waals surface area contributed by atoms with E-state index in [-0.39, 0.29) is 51.8 Å². The SMILES string of the molecule is C=CCOC(=O)Nc1cc(OCCCCCOc2cc(N)c(C(=O)N3C=C(C)C[C@H]3CO[Si](C)(C)C(C)(C)C)cc2OC)c(OC)cc1C(=O)N1C=C(C)CC1CO[Si](C)(C)C(C)(C)C. The number of nitrogen functional groups attached to an aromatic ring is 1. The topological polar surface area (TPSA) is 160 Å². The maximum absolute atomic E-state index is 14.3. The number of unbranched alkanes of at least 4 members (excludes halogenated alkanes) is 2. The van der Waals surface area contributed by atoms with Crippen LogP contribution in [0, 0.1) is 0 Å². The first kappa shape index (κ1) is 52.8. The van der Waals surface area contributed by atoms with Gasteiger partial charge in [-0.15, -0.1) is 0 Å². The summed E-state index contributed by atoms with van der Waals surface area (Å²) >= 11 is 0. The summed E-state index contributed by atoms with van der Waals surface area (Å²) in [5, 5.41) is 2.80. The molecule has 4 rings (SSSR count). The smallest absolute Gasteiger partial charge is 0.411 e. The van der Waals surface area contributed by atoms with Gasteiger partial charge in [-0.2, -0.15) is 0 Å². The fraction of sp³-hybridized carbons (Fsp3) is 0.571. The first-order valence-electron chi connectivity index (χ1n) is 22.6. The Morgan fingerprint density at radius 2 is 1.17 bits per heavy atom. The van der Waals surface area contributed by atoms with Crippen LogP contribution in [0.1, 0.15) is 108 Å². The Morgan fingerprint density at radius 1 is 0.723 bits per heavy atom. The van der Waals surface area contributed by atoms with Gasteiger partial charge in [-0.05, 0) is 94.3 Å². The van der Waals surface area contributed by atoms with Crippen molar-refractivity contribution >= 4 is 45.9 Å². The molecule has 2 atom stereocenters. The first-order chi connectivity index (χ1) is 30.3. The molecule has 0 fully saturated rings. The molecule has 2 aliphatic rings. The van der Waals surface area contributed by atoms with Crippen LogP contribution in [0.4, 0.5) is 16.2 Å². The third kappa shape index (κ3) is 13.6. The highest BCUT2D eigenvalue weighted by Crippen LogP contribution is 2.41. The number of hydrogen-bond donors (Lipinski definition) is 2. The van der Waals surface area contributed by atoms with E-state index in [1.54, 1.807) is 34.1 Å². The van der Waals surface area contributed by atoms with E-state index >= 15 is 0 Å². The Hall–Kier alpha value is -4.78. The number of nitrogens with two attached hydrogens (primary N) is 1. The number of carbonyl (C=O) groups excluding carboxylic acids is 3. The fourth-order valence-electron chi connectivity index (χ4n) is 6.95. The summed E-state index contributed by atoms with van der Waals surface area (Å²) < 4.78 is 42.0. The molecule has 65 heavy (non-hydrogen) atoms. The third-order valence-electron chi connectivity index (χ3n) is 12.9. The number of anilines is 2. The second kappa shape index (κ2) is 22.1. The Kier molecular flexibility index (Phi) is 18.0. The van der Waals surface area contributed by atoms with Crippen molar-refractivity contribution in [1.82, 2.24) is 9.80 Å². The van der Waals surface area contributed by atoms with Crippen LogP contribution in [0.3, 0.4) is 0 Å². The summed E-state index contributed by atoms with van der Waals surface area (Å²) in [6, 6.07) is 6.14. The van der Waals surface area contributed by atoms with E-state index in [4.69, 9.17) is 38.3 Å². The zero-order valence-corrected chi connectivity index (χ0v) is 43.5. The van der Waals surface area contributed by atoms with Gasteiger partial charge in [0.05, 0.1) is 69.5 Å². The molecule has 360 valence electrons. The Morgan fingerprint density at radius 3 is 1.62 bits per heavy atom. The minimum absolute atomic E-state index is 0.00472. The van der Waals surface area contributed by atoms with E-state index < -0.39 is 22.7 Å². The largest absolute Gasteiger partial charge is 0.493 e. The highest BCUT2D eigenvalue weighted by Gasteiger charge is 2.41. The van der Waals surface area contributed by atoms with Crippen molar-refractivity contribution in [3.05, 3.63) is 71.6 Å². The highest BCUT2D eigenvalue weighted by atomic mass is 28.4. The number of nitrogens with zero attached hydrogens (tertiary/aromatic N) is 2. The van der Waals surface area contributed by atoms with E-state index in [0.29, 0.717) is 79.9 Å². The molecular weight excluding hydrogens is 861 g/mol. The molecule has 0 saturated heterocycles. The van der Waals surface area contributed by atoms with Gasteiger partial charge < -0.3 is 48.1 Å². The first-order valence-corrected chi connectivity index (χ1v) is 28.4. The summed E-state index contributed by atoms with van der Waals surface area (Å²) in [5.74, 6) is 1.03. The molecule has 0 spiro atoms. The van der Waals surface area contributed by atoms with Crippen LogP contribution in [0.15, 0.2) is 60.5 Å². The van der Waals surface area contributed by atoms with Gasteiger partial charge in [0, 0.05) is 30.2 Å². The van der Waals surface area contributed by atoms with Crippen molar-refractivity contribution in [2.24, 2.45) is 0 Å². The monoisotopic (exact) mass is 937 g/mol. The number of rotatable bonds is 21. The molecule has 2 aromatic carbocycles. The summed E-state index contributed by atoms with van der Waals surface area (Å²) in [4.78, 5) is 44.5. The molecule has 2 aliphatic heterocycles. The standard InChI is InChI=1S/C49H76N4O10Si2/c1-16-20-61-47(56)51-40-28-44(42(58-11)26-38(40)46(55)53-30-34(3)24-36(53)32-63-65(14,15)49(7,8)9)60-22-19-17-18-21-59-43-27-39(50)37(25-41(43)57-10)45(54)52-29-33(2)23-35(52)31-62-64(12,13)48(4,5)6/h16,25-30,35-36H,1,17-24,31-32,50H2,2-15H3,(H,51,56)/t35-,36?/m0/s1. The maximum atomic E-state index is 14.3. The van der Waals surface area contributed by atoms with Crippen LogP contribution in [0.2, 0.25) is 36.3 Å². The van der Waals surface area contributed by atoms with Crippen molar-refractivity contribution in [3.8, 4) is 23.0 Å². The quantitative estimate of drug-likeness (QED) is 0.0531. The molecule has 3 amide bonds. The zero-order chi connectivity index (χ0) is 48.5. The maximum Gasteiger partial charge on any atom is 0.411 e. The Labute approximate surface area is 390 Å². The van der Waals surface area contributed by atoms with Crippen LogP contribution in [0.25, 0.3) is 0 Å². The van der Waals surface area contributed by atoms with E-state index in [9.17, 15) is 14.4 Å². The normalized spacial score (nSPS) is 16.8. The molecule has 0 bridgehead atoms. The van der Waals surface area contributed by atoms with Crippen LogP contribution in [-0.4, -0.2) is 104 Å². The molecule has 3 N–H and O–H groups in total. The molecule has 0 aromatic heterocycles. The predicted molar refractivity (Wildman–Crippen MR) is 263 cm³/mol. The van der Waals surface area contributed by atoms with Gasteiger partial charge in [-0.3, -0.25) is 14.9 Å². The van der Waals surface area contributed by atoms with Crippen molar-refractivity contribution in [2.45, 2.75) is 136 Å². The minimum atomic E-state index is -2.09. The third-order valence-corrected chi connectivity index (χ3v) is 22.0. The van der Waals surface area contributed by atoms with Crippen LogP contribution >= 0.6 is 0 Å². The molecule has 0 saturated carbocycles. The van der Waals surface area contributed by atoms with Gasteiger partial charge in [0.25, 0.3) is 11.8 Å². The number of benzene rings is 2. The lowest BCUT2D eigenvalue weighted by atomic mass is 10.1. The lowest BCUT2D eigenvalue weighted by Crippen LogP contribution is -2.45. The van der Waals surface area contributed by atoms with E-state index in [2.05, 4.69) is 79.6 Å². The van der Waals surface area contributed by atoms with Gasteiger partial charge in [-0.1, -0.05) is 65.3 Å². The summed E-state index contributed by atoms with van der Waals surface area (Å²) in [6.07, 6.45) is 7.99. The van der Waals surface area contributed by atoms with Crippen molar-refractivity contribution in [1.29, 1.82) is 0 Å². The summed E-state index contributed by atoms with van der Waals surface area (Å²) in [5.41, 5.74) is 9.73. The van der Waals surface area contributed by atoms with Gasteiger partial charge in [0.1, 0.15) is 6.61 Å². The Balaban J connectivity index is 1.39. The molecule has 0 aliphatic carbocycles. The van der Waals surface area contributed by atoms with Gasteiger partial charge in [0.2, 0.25) is 0 Å². The van der Waals surface area contributed by atoms with Gasteiger partial charge in [0.15, 0.2) is 39.6 Å². The van der Waals surface area contributed by atoms with E-state index in [1.807, 2.05) is 26.2 Å². The number of methoxy groups -OCH3 is 2. The van der Waals surface area contributed by atoms with Crippen LogP contribution in [0.5, 0.6) is 23.0 Å². The second-order valence-electron chi connectivity index (χ2n) is 20.1. The number of ether oxygens (including phenoxy) is 5. The molecule has 0 radical (unpaired) electrons. The molecule has 14 nitrogen and oxygen atoms in total. The van der Waals surface area contributed by atoms with Gasteiger partial charge in [-0.25, -0.2) is 4.79 Å². The molecule has 2 heterocycles. The lowest BCUT2D eigenvalue weighted by molar-refractivity contribution is 0.0731. The number of carbonyl (C=O) groups is 3. The minimum Gasteiger partial charge on any atom is -0.493 e. The van der Waals surface area contributed by atoms with E-state index in [0.717, 1.165) is 24.0 Å². The fourth-order valence-corrected chi connectivity index (χ4v) is 9.03. The van der Waals surface area contributed by atoms with Crippen molar-refractivity contribution < 1.29 is 46.9 Å². The van der Waals surface area contributed by atoms with Crippen molar-refractivity contribution in [2.75, 3.05) is 58.3 Å². The number of hydrogen-bond acceptors (Lipinski definition) is 11. The number of nitrogens with one attached hydrogen (secondary N) is 1. The van der Waals surface area contributed by atoms with Crippen LogP contribution < -0.4 is 30.0 Å². The average molecular weight is 937 g/mol. The molecular formula is C49H76N4O10Si2. The van der Waals surface area contributed by atoms with Crippen LogP contribution in [-0.2, 0) is 13.6 Å². The predicted octanol–water partition coefficient (Wildman–Crippen LogP) is 10.9. The number of amides is 3. The van der Waals surface area contributed by atoms with Gasteiger partial charge >= 0.3 is 6.09 Å². The Bertz CT molecular complexity index is 2090. The highest BCUT2D eigenvalue weighted by molar-refractivity contribution is 6.74. The summed E-state index contributed by atoms with van der Waals surface area (Å²) in [6.45, 7) is 31.1. The second-order valence-corrected chi connectivity index (χ2v) is 29.8. The van der Waals surface area contributed by atoms with E-state index in [1.165, 1.54) is 20.3 Å². The molecule has 2 aromatic rings. The van der Waals surface area contributed by atoms with Crippen molar-refractivity contribution in [3.63, 3.8) is 0 Å². The molecule has 1 unspecified atom stereocenters. The lowest BCUT2D eigenvalue weighted by Gasteiger charge is -2.38. The summed E-state index contributed by atoms with van der Waals surface area (Å²) in [7, 11) is -1.06. The molecule has 16 heteroatoms.